The summed E-state index contributed by atoms with van der Waals surface area (Å²) in [6, 6.07) is 20.5. The normalized spacial score (nSPS) is 11.3. The summed E-state index contributed by atoms with van der Waals surface area (Å²) in [5, 5.41) is 21.0. The van der Waals surface area contributed by atoms with Crippen LogP contribution in [-0.4, -0.2) is 10.2 Å². The third-order valence-electron chi connectivity index (χ3n) is 3.82. The maximum absolute atomic E-state index is 14.0. The first-order valence-corrected chi connectivity index (χ1v) is 8.97. The van der Waals surface area contributed by atoms with Gasteiger partial charge in [0.1, 0.15) is 11.5 Å². The van der Waals surface area contributed by atoms with Crippen LogP contribution in [0.4, 0.5) is 0 Å². The summed E-state index contributed by atoms with van der Waals surface area (Å²) in [6.45, 7) is 1.98. The number of aryl methyl sites for hydroxylation is 1. The molecule has 23 heavy (non-hydrogen) atoms. The molecule has 0 amide bonds. The van der Waals surface area contributed by atoms with Gasteiger partial charge in [0.2, 0.25) is 0 Å². The SMILES string of the molecule is Cc1ccc(P(=O)(c2ccc(O)cc2)c2ccc(O)cc2)cc1. The van der Waals surface area contributed by atoms with E-state index in [9.17, 15) is 14.8 Å². The van der Waals surface area contributed by atoms with Crippen molar-refractivity contribution < 1.29 is 14.8 Å². The van der Waals surface area contributed by atoms with Gasteiger partial charge in [-0.3, -0.25) is 0 Å². The summed E-state index contributed by atoms with van der Waals surface area (Å²) in [7, 11) is -3.06. The minimum absolute atomic E-state index is 0.134. The van der Waals surface area contributed by atoms with Gasteiger partial charge in [0.05, 0.1) is 0 Å². The molecule has 0 aliphatic carbocycles. The molecule has 0 saturated carbocycles. The molecule has 0 aliphatic heterocycles. The van der Waals surface area contributed by atoms with E-state index in [4.69, 9.17) is 0 Å². The minimum atomic E-state index is -3.06. The third kappa shape index (κ3) is 2.88. The molecule has 0 aliphatic rings. The number of aromatic hydroxyl groups is 2. The van der Waals surface area contributed by atoms with Crippen LogP contribution in [0.1, 0.15) is 5.56 Å². The molecular weight excluding hydrogens is 307 g/mol. The largest absolute Gasteiger partial charge is 0.508 e. The topological polar surface area (TPSA) is 57.5 Å². The Balaban J connectivity index is 2.24. The van der Waals surface area contributed by atoms with E-state index < -0.39 is 7.14 Å². The molecule has 0 saturated heterocycles. The highest BCUT2D eigenvalue weighted by atomic mass is 31.2. The van der Waals surface area contributed by atoms with Gasteiger partial charge >= 0.3 is 0 Å². The smallest absolute Gasteiger partial charge is 0.171 e. The summed E-state index contributed by atoms with van der Waals surface area (Å²) in [5.41, 5.74) is 1.09. The number of phenolic OH excluding ortho intramolecular Hbond substituents is 2. The van der Waals surface area contributed by atoms with Crippen molar-refractivity contribution in [2.45, 2.75) is 6.92 Å². The van der Waals surface area contributed by atoms with Crippen molar-refractivity contribution in [3.05, 3.63) is 78.4 Å². The fourth-order valence-electron chi connectivity index (χ4n) is 2.53. The van der Waals surface area contributed by atoms with E-state index in [0.29, 0.717) is 10.6 Å². The van der Waals surface area contributed by atoms with Crippen molar-refractivity contribution in [2.75, 3.05) is 0 Å². The molecule has 0 spiro atoms. The zero-order chi connectivity index (χ0) is 16.4. The molecule has 0 radical (unpaired) electrons. The van der Waals surface area contributed by atoms with E-state index in [1.807, 2.05) is 31.2 Å². The van der Waals surface area contributed by atoms with Crippen LogP contribution >= 0.6 is 7.14 Å². The lowest BCUT2D eigenvalue weighted by Gasteiger charge is -2.20. The molecule has 0 heterocycles. The molecule has 3 aromatic carbocycles. The van der Waals surface area contributed by atoms with E-state index in [1.165, 1.54) is 24.3 Å². The van der Waals surface area contributed by atoms with Crippen LogP contribution < -0.4 is 15.9 Å². The molecule has 116 valence electrons. The van der Waals surface area contributed by atoms with Crippen molar-refractivity contribution in [3.63, 3.8) is 0 Å². The average molecular weight is 324 g/mol. The summed E-state index contributed by atoms with van der Waals surface area (Å²) in [6.07, 6.45) is 0. The first-order chi connectivity index (χ1) is 11.0. The number of phenols is 2. The van der Waals surface area contributed by atoms with E-state index in [2.05, 4.69) is 0 Å². The molecule has 4 heteroatoms. The van der Waals surface area contributed by atoms with Gasteiger partial charge in [-0.15, -0.1) is 0 Å². The second kappa shape index (κ2) is 5.94. The van der Waals surface area contributed by atoms with E-state index >= 15 is 0 Å². The molecule has 0 unspecified atom stereocenters. The third-order valence-corrected chi connectivity index (χ3v) is 6.90. The Bertz CT molecular complexity index is 733. The fraction of sp³-hybridized carbons (Fsp3) is 0.0526. The lowest BCUT2D eigenvalue weighted by molar-refractivity contribution is 0.475. The quantitative estimate of drug-likeness (QED) is 0.728. The second-order valence-electron chi connectivity index (χ2n) is 5.48. The van der Waals surface area contributed by atoms with Gasteiger partial charge in [0.15, 0.2) is 7.14 Å². The molecule has 3 nitrogen and oxygen atoms in total. The highest BCUT2D eigenvalue weighted by Crippen LogP contribution is 2.42. The highest BCUT2D eigenvalue weighted by Gasteiger charge is 2.29. The predicted octanol–water partition coefficient (Wildman–Crippen LogP) is 3.05. The van der Waals surface area contributed by atoms with Gasteiger partial charge in [0.25, 0.3) is 0 Å². The first-order valence-electron chi connectivity index (χ1n) is 7.26. The highest BCUT2D eigenvalue weighted by molar-refractivity contribution is 7.85. The first kappa shape index (κ1) is 15.4. The van der Waals surface area contributed by atoms with Gasteiger partial charge < -0.3 is 14.8 Å². The lowest BCUT2D eigenvalue weighted by Crippen LogP contribution is -2.24. The monoisotopic (exact) mass is 324 g/mol. The van der Waals surface area contributed by atoms with Crippen LogP contribution in [0.2, 0.25) is 0 Å². The van der Waals surface area contributed by atoms with Crippen molar-refractivity contribution in [1.82, 2.24) is 0 Å². The van der Waals surface area contributed by atoms with Crippen LogP contribution in [0.5, 0.6) is 11.5 Å². The summed E-state index contributed by atoms with van der Waals surface area (Å²) in [5.74, 6) is 0.268. The molecule has 3 rings (SSSR count). The summed E-state index contributed by atoms with van der Waals surface area (Å²) in [4.78, 5) is 0. The Morgan fingerprint density at radius 3 is 1.26 bits per heavy atom. The Hall–Kier alpha value is -2.51. The predicted molar refractivity (Wildman–Crippen MR) is 93.9 cm³/mol. The number of hydrogen-bond acceptors (Lipinski definition) is 3. The van der Waals surface area contributed by atoms with E-state index in [0.717, 1.165) is 10.9 Å². The van der Waals surface area contributed by atoms with Crippen LogP contribution in [-0.2, 0) is 4.57 Å². The van der Waals surface area contributed by atoms with Gasteiger partial charge in [-0.25, -0.2) is 0 Å². The Morgan fingerprint density at radius 2 is 0.913 bits per heavy atom. The zero-order valence-electron chi connectivity index (χ0n) is 12.7. The summed E-state index contributed by atoms with van der Waals surface area (Å²) < 4.78 is 14.0. The van der Waals surface area contributed by atoms with Gasteiger partial charge in [-0.1, -0.05) is 29.8 Å². The Kier molecular flexibility index (Phi) is 3.97. The van der Waals surface area contributed by atoms with E-state index in [1.54, 1.807) is 24.3 Å². The molecule has 2 N–H and O–H groups in total. The van der Waals surface area contributed by atoms with Crippen LogP contribution in [0.15, 0.2) is 72.8 Å². The lowest BCUT2D eigenvalue weighted by atomic mass is 10.2. The van der Waals surface area contributed by atoms with Gasteiger partial charge in [-0.2, -0.15) is 0 Å². The standard InChI is InChI=1S/C19H17O3P/c1-14-2-8-17(9-3-14)23(22,18-10-4-15(20)5-11-18)19-12-6-16(21)7-13-19/h2-13,20-21H,1H3. The van der Waals surface area contributed by atoms with Crippen molar-refractivity contribution in [3.8, 4) is 11.5 Å². The van der Waals surface area contributed by atoms with E-state index in [-0.39, 0.29) is 11.5 Å². The van der Waals surface area contributed by atoms with Crippen LogP contribution in [0.3, 0.4) is 0 Å². The molecule has 0 atom stereocenters. The van der Waals surface area contributed by atoms with Crippen molar-refractivity contribution >= 4 is 23.1 Å². The molecule has 3 aromatic rings. The Morgan fingerprint density at radius 1 is 0.609 bits per heavy atom. The van der Waals surface area contributed by atoms with Crippen LogP contribution in [0.25, 0.3) is 0 Å². The maximum atomic E-state index is 14.0. The van der Waals surface area contributed by atoms with Crippen molar-refractivity contribution in [1.29, 1.82) is 0 Å². The second-order valence-corrected chi connectivity index (χ2v) is 8.25. The van der Waals surface area contributed by atoms with Crippen LogP contribution in [0, 0.1) is 6.92 Å². The molecule has 0 aromatic heterocycles. The minimum Gasteiger partial charge on any atom is -0.508 e. The fourth-order valence-corrected chi connectivity index (χ4v) is 5.13. The summed E-state index contributed by atoms with van der Waals surface area (Å²) >= 11 is 0. The zero-order valence-corrected chi connectivity index (χ0v) is 13.6. The number of rotatable bonds is 3. The maximum Gasteiger partial charge on any atom is 0.171 e. The molecular formula is C19H17O3P. The number of hydrogen-bond donors (Lipinski definition) is 2. The number of benzene rings is 3. The molecule has 0 bridgehead atoms. The Labute approximate surface area is 135 Å². The van der Waals surface area contributed by atoms with Crippen molar-refractivity contribution in [2.24, 2.45) is 0 Å². The van der Waals surface area contributed by atoms with Gasteiger partial charge in [0, 0.05) is 15.9 Å². The average Bonchev–Trinajstić information content (AvgIpc) is 2.56. The molecule has 0 fully saturated rings. The van der Waals surface area contributed by atoms with Gasteiger partial charge in [-0.05, 0) is 55.5 Å².